The molecular weight excluding hydrogens is 264 g/mol. The summed E-state index contributed by atoms with van der Waals surface area (Å²) < 4.78 is 5.76. The molecule has 0 bridgehead atoms. The Morgan fingerprint density at radius 1 is 1.14 bits per heavy atom. The number of anilines is 1. The molecule has 4 heteroatoms. The summed E-state index contributed by atoms with van der Waals surface area (Å²) >= 11 is 0. The lowest BCUT2D eigenvalue weighted by atomic mass is 10.0. The first-order valence-corrected chi connectivity index (χ1v) is 6.90. The van der Waals surface area contributed by atoms with Crippen molar-refractivity contribution in [1.29, 1.82) is 0 Å². The van der Waals surface area contributed by atoms with Crippen LogP contribution in [-0.4, -0.2) is 13.0 Å². The predicted molar refractivity (Wildman–Crippen MR) is 84.8 cm³/mol. The van der Waals surface area contributed by atoms with E-state index in [4.69, 9.17) is 10.5 Å². The summed E-state index contributed by atoms with van der Waals surface area (Å²) in [5, 5.41) is 2.56. The lowest BCUT2D eigenvalue weighted by Gasteiger charge is -2.11. The van der Waals surface area contributed by atoms with Crippen molar-refractivity contribution in [3.8, 4) is 11.5 Å². The molecule has 0 radical (unpaired) electrons. The smallest absolute Gasteiger partial charge is 0.251 e. The van der Waals surface area contributed by atoms with Gasteiger partial charge >= 0.3 is 0 Å². The van der Waals surface area contributed by atoms with Gasteiger partial charge in [0, 0.05) is 12.6 Å². The molecule has 0 saturated carbocycles. The summed E-state index contributed by atoms with van der Waals surface area (Å²) in [7, 11) is 1.58. The van der Waals surface area contributed by atoms with Crippen molar-refractivity contribution in [2.24, 2.45) is 0 Å². The molecule has 0 aliphatic carbocycles. The van der Waals surface area contributed by atoms with Gasteiger partial charge in [-0.2, -0.15) is 0 Å². The number of nitrogens with two attached hydrogens (primary N) is 1. The molecule has 4 nitrogen and oxygen atoms in total. The van der Waals surface area contributed by atoms with Crippen molar-refractivity contribution in [2.45, 2.75) is 19.8 Å². The topological polar surface area (TPSA) is 64.3 Å². The fourth-order valence-corrected chi connectivity index (χ4v) is 1.97. The molecule has 21 heavy (non-hydrogen) atoms. The van der Waals surface area contributed by atoms with Gasteiger partial charge in [0.15, 0.2) is 0 Å². The van der Waals surface area contributed by atoms with Crippen LogP contribution in [0.5, 0.6) is 11.5 Å². The van der Waals surface area contributed by atoms with E-state index in [1.165, 1.54) is 5.56 Å². The van der Waals surface area contributed by atoms with Gasteiger partial charge in [0.05, 0.1) is 5.69 Å². The molecule has 2 aromatic carbocycles. The molecule has 110 valence electrons. The van der Waals surface area contributed by atoms with Crippen LogP contribution in [0.1, 0.15) is 35.7 Å². The normalized spacial score (nSPS) is 10.5. The summed E-state index contributed by atoms with van der Waals surface area (Å²) in [5.41, 5.74) is 8.14. The number of benzene rings is 2. The molecule has 0 unspecified atom stereocenters. The van der Waals surface area contributed by atoms with Crippen LogP contribution in [0.3, 0.4) is 0 Å². The number of carbonyl (C=O) groups excluding carboxylic acids is 1. The minimum Gasteiger partial charge on any atom is -0.455 e. The largest absolute Gasteiger partial charge is 0.455 e. The molecule has 2 aromatic rings. The van der Waals surface area contributed by atoms with Crippen molar-refractivity contribution in [2.75, 3.05) is 12.8 Å². The predicted octanol–water partition coefficient (Wildman–Crippen LogP) is 3.54. The van der Waals surface area contributed by atoms with Crippen LogP contribution < -0.4 is 15.8 Å². The number of nitrogens with one attached hydrogen (secondary N) is 1. The zero-order valence-electron chi connectivity index (χ0n) is 12.5. The molecule has 0 aliphatic rings. The van der Waals surface area contributed by atoms with Crippen LogP contribution in [0.4, 0.5) is 5.69 Å². The summed E-state index contributed by atoms with van der Waals surface area (Å²) in [4.78, 5) is 11.5. The third-order valence-electron chi connectivity index (χ3n) is 3.27. The highest BCUT2D eigenvalue weighted by Crippen LogP contribution is 2.29. The van der Waals surface area contributed by atoms with E-state index in [1.807, 2.05) is 24.3 Å². The van der Waals surface area contributed by atoms with Crippen LogP contribution in [0.25, 0.3) is 0 Å². The highest BCUT2D eigenvalue weighted by Gasteiger charge is 2.08. The van der Waals surface area contributed by atoms with Crippen molar-refractivity contribution in [3.63, 3.8) is 0 Å². The van der Waals surface area contributed by atoms with Gasteiger partial charge in [0.1, 0.15) is 11.5 Å². The van der Waals surface area contributed by atoms with E-state index in [-0.39, 0.29) is 5.91 Å². The standard InChI is InChI=1S/C17H20N2O2/c1-11(2)12-4-7-14(8-5-12)21-16-9-6-13(10-15(16)18)17(20)19-3/h4-11H,18H2,1-3H3,(H,19,20). The highest BCUT2D eigenvalue weighted by atomic mass is 16.5. The second kappa shape index (κ2) is 6.31. The Kier molecular flexibility index (Phi) is 4.48. The lowest BCUT2D eigenvalue weighted by Crippen LogP contribution is -2.17. The van der Waals surface area contributed by atoms with Gasteiger partial charge in [0.2, 0.25) is 0 Å². The number of carbonyl (C=O) groups is 1. The monoisotopic (exact) mass is 284 g/mol. The van der Waals surface area contributed by atoms with Gasteiger partial charge in [-0.15, -0.1) is 0 Å². The van der Waals surface area contributed by atoms with Gasteiger partial charge in [-0.1, -0.05) is 26.0 Å². The molecule has 0 atom stereocenters. The maximum absolute atomic E-state index is 11.5. The molecule has 0 fully saturated rings. The average Bonchev–Trinajstić information content (AvgIpc) is 2.49. The van der Waals surface area contributed by atoms with E-state index < -0.39 is 0 Å². The van der Waals surface area contributed by atoms with Gasteiger partial charge in [-0.05, 0) is 41.8 Å². The van der Waals surface area contributed by atoms with Crippen LogP contribution in [0.15, 0.2) is 42.5 Å². The number of ether oxygens (including phenoxy) is 1. The first-order valence-electron chi connectivity index (χ1n) is 6.90. The Hall–Kier alpha value is -2.49. The minimum absolute atomic E-state index is 0.172. The number of nitrogen functional groups attached to an aromatic ring is 1. The number of amides is 1. The van der Waals surface area contributed by atoms with Crippen molar-refractivity contribution in [1.82, 2.24) is 5.32 Å². The zero-order chi connectivity index (χ0) is 15.4. The third kappa shape index (κ3) is 3.54. The van der Waals surface area contributed by atoms with Crippen molar-refractivity contribution in [3.05, 3.63) is 53.6 Å². The molecule has 0 spiro atoms. The number of hydrogen-bond acceptors (Lipinski definition) is 3. The van der Waals surface area contributed by atoms with Crippen LogP contribution in [0, 0.1) is 0 Å². The first-order chi connectivity index (χ1) is 10.0. The van der Waals surface area contributed by atoms with E-state index in [0.717, 1.165) is 5.75 Å². The molecule has 1 amide bonds. The van der Waals surface area contributed by atoms with Crippen LogP contribution in [-0.2, 0) is 0 Å². The lowest BCUT2D eigenvalue weighted by molar-refractivity contribution is 0.0963. The van der Waals surface area contributed by atoms with Crippen molar-refractivity contribution < 1.29 is 9.53 Å². The Bertz CT molecular complexity index is 634. The summed E-state index contributed by atoms with van der Waals surface area (Å²) in [5.74, 6) is 1.57. The molecule has 0 aliphatic heterocycles. The fourth-order valence-electron chi connectivity index (χ4n) is 1.97. The SMILES string of the molecule is CNC(=O)c1ccc(Oc2ccc(C(C)C)cc2)c(N)c1. The highest BCUT2D eigenvalue weighted by molar-refractivity contribution is 5.95. The maximum atomic E-state index is 11.5. The molecular formula is C17H20N2O2. The second-order valence-electron chi connectivity index (χ2n) is 5.16. The first kappa shape index (κ1) is 14.9. The molecule has 2 rings (SSSR count). The van der Waals surface area contributed by atoms with Crippen LogP contribution in [0.2, 0.25) is 0 Å². The zero-order valence-corrected chi connectivity index (χ0v) is 12.5. The Morgan fingerprint density at radius 2 is 1.81 bits per heavy atom. The van der Waals surface area contributed by atoms with E-state index in [0.29, 0.717) is 22.9 Å². The van der Waals surface area contributed by atoms with Gasteiger partial charge in [0.25, 0.3) is 5.91 Å². The quantitative estimate of drug-likeness (QED) is 0.844. The Morgan fingerprint density at radius 3 is 2.33 bits per heavy atom. The van der Waals surface area contributed by atoms with Crippen molar-refractivity contribution >= 4 is 11.6 Å². The third-order valence-corrected chi connectivity index (χ3v) is 3.27. The van der Waals surface area contributed by atoms with E-state index in [9.17, 15) is 4.79 Å². The van der Waals surface area contributed by atoms with Gasteiger partial charge < -0.3 is 15.8 Å². The maximum Gasteiger partial charge on any atom is 0.251 e. The van der Waals surface area contributed by atoms with E-state index >= 15 is 0 Å². The molecule has 0 heterocycles. The summed E-state index contributed by atoms with van der Waals surface area (Å²) in [6.45, 7) is 4.29. The number of hydrogen-bond donors (Lipinski definition) is 2. The Balaban J connectivity index is 2.18. The van der Waals surface area contributed by atoms with E-state index in [1.54, 1.807) is 25.2 Å². The van der Waals surface area contributed by atoms with E-state index in [2.05, 4.69) is 19.2 Å². The molecule has 0 saturated heterocycles. The molecule has 0 aromatic heterocycles. The Labute approximate surface area is 124 Å². The van der Waals surface area contributed by atoms with Gasteiger partial charge in [-0.3, -0.25) is 4.79 Å². The minimum atomic E-state index is -0.172. The summed E-state index contributed by atoms with van der Waals surface area (Å²) in [6, 6.07) is 12.9. The fraction of sp³-hybridized carbons (Fsp3) is 0.235. The number of rotatable bonds is 4. The molecule has 3 N–H and O–H groups in total. The summed E-state index contributed by atoms with van der Waals surface area (Å²) in [6.07, 6.45) is 0. The van der Waals surface area contributed by atoms with Gasteiger partial charge in [-0.25, -0.2) is 0 Å². The average molecular weight is 284 g/mol. The van der Waals surface area contributed by atoms with Crippen LogP contribution >= 0.6 is 0 Å². The second-order valence-corrected chi connectivity index (χ2v) is 5.16.